The SMILES string of the molecule is O=C(NCC1(CCl)CC1)c1cccc(F)c1Br. The van der Waals surface area contributed by atoms with Crippen molar-refractivity contribution in [1.29, 1.82) is 0 Å². The van der Waals surface area contributed by atoms with Crippen LogP contribution in [0.15, 0.2) is 22.7 Å². The quantitative estimate of drug-likeness (QED) is 0.847. The van der Waals surface area contributed by atoms with E-state index in [4.69, 9.17) is 11.6 Å². The molecule has 0 atom stereocenters. The van der Waals surface area contributed by atoms with Crippen LogP contribution < -0.4 is 5.32 Å². The second-order valence-electron chi connectivity index (χ2n) is 4.42. The molecule has 2 nitrogen and oxygen atoms in total. The number of alkyl halides is 1. The minimum absolute atomic E-state index is 0.0665. The molecule has 1 fully saturated rings. The molecule has 1 aliphatic carbocycles. The smallest absolute Gasteiger partial charge is 0.252 e. The van der Waals surface area contributed by atoms with Crippen LogP contribution in [0.4, 0.5) is 4.39 Å². The maximum absolute atomic E-state index is 13.2. The minimum Gasteiger partial charge on any atom is -0.351 e. The first kappa shape index (κ1) is 12.8. The zero-order valence-electron chi connectivity index (χ0n) is 9.10. The van der Waals surface area contributed by atoms with Crippen LogP contribution in [0, 0.1) is 11.2 Å². The third-order valence-corrected chi connectivity index (χ3v) is 4.43. The number of hydrogen-bond acceptors (Lipinski definition) is 1. The molecule has 0 aromatic heterocycles. The van der Waals surface area contributed by atoms with Crippen molar-refractivity contribution in [2.75, 3.05) is 12.4 Å². The first-order valence-electron chi connectivity index (χ1n) is 5.36. The summed E-state index contributed by atoms with van der Waals surface area (Å²) < 4.78 is 13.4. The fraction of sp³-hybridized carbons (Fsp3) is 0.417. The molecule has 5 heteroatoms. The number of hydrogen-bond donors (Lipinski definition) is 1. The van der Waals surface area contributed by atoms with Gasteiger partial charge in [0.25, 0.3) is 5.91 Å². The summed E-state index contributed by atoms with van der Waals surface area (Å²) in [6.45, 7) is 0.554. The third kappa shape index (κ3) is 2.80. The van der Waals surface area contributed by atoms with Gasteiger partial charge in [-0.15, -0.1) is 11.6 Å². The Kier molecular flexibility index (Phi) is 3.73. The molecule has 0 saturated heterocycles. The van der Waals surface area contributed by atoms with E-state index in [2.05, 4.69) is 21.2 Å². The van der Waals surface area contributed by atoms with Crippen LogP contribution in [-0.2, 0) is 0 Å². The van der Waals surface area contributed by atoms with Crippen molar-refractivity contribution in [3.63, 3.8) is 0 Å². The van der Waals surface area contributed by atoms with Gasteiger partial charge in [-0.05, 0) is 40.9 Å². The van der Waals surface area contributed by atoms with E-state index in [9.17, 15) is 9.18 Å². The van der Waals surface area contributed by atoms with Gasteiger partial charge in [0.2, 0.25) is 0 Å². The molecular formula is C12H12BrClFNO. The Hall–Kier alpha value is -0.610. The van der Waals surface area contributed by atoms with Gasteiger partial charge in [0, 0.05) is 17.8 Å². The highest BCUT2D eigenvalue weighted by atomic mass is 79.9. The summed E-state index contributed by atoms with van der Waals surface area (Å²) in [6, 6.07) is 4.41. The molecule has 0 heterocycles. The van der Waals surface area contributed by atoms with Crippen molar-refractivity contribution in [3.8, 4) is 0 Å². The molecule has 1 amide bonds. The van der Waals surface area contributed by atoms with E-state index in [-0.39, 0.29) is 15.8 Å². The summed E-state index contributed by atoms with van der Waals surface area (Å²) >= 11 is 8.89. The Bertz CT molecular complexity index is 448. The zero-order chi connectivity index (χ0) is 12.5. The molecule has 1 aliphatic rings. The average molecular weight is 321 g/mol. The van der Waals surface area contributed by atoms with Crippen LogP contribution in [0.1, 0.15) is 23.2 Å². The first-order chi connectivity index (χ1) is 8.08. The molecular weight excluding hydrogens is 308 g/mol. The van der Waals surface area contributed by atoms with E-state index in [1.807, 2.05) is 0 Å². The Morgan fingerprint density at radius 3 is 2.82 bits per heavy atom. The van der Waals surface area contributed by atoms with Crippen LogP contribution in [0.5, 0.6) is 0 Å². The maximum atomic E-state index is 13.2. The highest BCUT2D eigenvalue weighted by Crippen LogP contribution is 2.45. The monoisotopic (exact) mass is 319 g/mol. The summed E-state index contributed by atoms with van der Waals surface area (Å²) in [5, 5.41) is 2.80. The number of carbonyl (C=O) groups excluding carboxylic acids is 1. The normalized spacial score (nSPS) is 16.6. The molecule has 92 valence electrons. The topological polar surface area (TPSA) is 29.1 Å². The van der Waals surface area contributed by atoms with Crippen LogP contribution in [0.25, 0.3) is 0 Å². The largest absolute Gasteiger partial charge is 0.351 e. The lowest BCUT2D eigenvalue weighted by Crippen LogP contribution is -2.31. The van der Waals surface area contributed by atoms with Gasteiger partial charge in [0.05, 0.1) is 10.0 Å². The molecule has 2 rings (SSSR count). The Morgan fingerprint density at radius 2 is 2.24 bits per heavy atom. The number of amides is 1. The van der Waals surface area contributed by atoms with Gasteiger partial charge in [-0.3, -0.25) is 4.79 Å². The number of benzene rings is 1. The predicted octanol–water partition coefficient (Wildman–Crippen LogP) is 3.34. The van der Waals surface area contributed by atoms with Crippen LogP contribution in [0.2, 0.25) is 0 Å². The van der Waals surface area contributed by atoms with E-state index in [1.54, 1.807) is 6.07 Å². The molecule has 0 aliphatic heterocycles. The van der Waals surface area contributed by atoms with E-state index in [0.717, 1.165) is 12.8 Å². The van der Waals surface area contributed by atoms with Gasteiger partial charge >= 0.3 is 0 Å². The lowest BCUT2D eigenvalue weighted by molar-refractivity contribution is 0.0945. The Balaban J connectivity index is 2.02. The third-order valence-electron chi connectivity index (χ3n) is 3.06. The van der Waals surface area contributed by atoms with Gasteiger partial charge in [0.15, 0.2) is 0 Å². The molecule has 1 aromatic carbocycles. The number of halogens is 3. The summed E-state index contributed by atoms with van der Waals surface area (Å²) in [5.74, 6) is -0.152. The zero-order valence-corrected chi connectivity index (χ0v) is 11.4. The predicted molar refractivity (Wildman–Crippen MR) is 68.8 cm³/mol. The molecule has 0 bridgehead atoms. The fourth-order valence-corrected chi connectivity index (χ4v) is 2.38. The van der Waals surface area contributed by atoms with Crippen molar-refractivity contribution >= 4 is 33.4 Å². The number of carbonyl (C=O) groups is 1. The van der Waals surface area contributed by atoms with E-state index >= 15 is 0 Å². The summed E-state index contributed by atoms with van der Waals surface area (Å²) in [7, 11) is 0. The van der Waals surface area contributed by atoms with Crippen LogP contribution in [-0.4, -0.2) is 18.3 Å². The van der Waals surface area contributed by atoms with Crippen molar-refractivity contribution in [1.82, 2.24) is 5.32 Å². The maximum Gasteiger partial charge on any atom is 0.252 e. The van der Waals surface area contributed by atoms with E-state index in [1.165, 1.54) is 12.1 Å². The Morgan fingerprint density at radius 1 is 1.53 bits per heavy atom. The molecule has 1 saturated carbocycles. The van der Waals surface area contributed by atoms with Gasteiger partial charge < -0.3 is 5.32 Å². The Labute approximate surface area is 113 Å². The minimum atomic E-state index is -0.434. The van der Waals surface area contributed by atoms with Gasteiger partial charge in [-0.25, -0.2) is 4.39 Å². The lowest BCUT2D eigenvalue weighted by Gasteiger charge is -2.13. The molecule has 17 heavy (non-hydrogen) atoms. The standard InChI is InChI=1S/C12H12BrClFNO/c13-10-8(2-1-3-9(10)15)11(17)16-7-12(6-14)4-5-12/h1-3H,4-7H2,(H,16,17). The summed E-state index contributed by atoms with van der Waals surface area (Å²) in [6.07, 6.45) is 2.09. The van der Waals surface area contributed by atoms with Gasteiger partial charge in [-0.1, -0.05) is 6.07 Å². The number of rotatable bonds is 4. The molecule has 0 radical (unpaired) electrons. The van der Waals surface area contributed by atoms with E-state index in [0.29, 0.717) is 18.0 Å². The molecule has 0 spiro atoms. The lowest BCUT2D eigenvalue weighted by atomic mass is 10.1. The highest BCUT2D eigenvalue weighted by Gasteiger charge is 2.41. The summed E-state index contributed by atoms with van der Waals surface area (Å²) in [4.78, 5) is 11.9. The van der Waals surface area contributed by atoms with Crippen molar-refractivity contribution in [2.24, 2.45) is 5.41 Å². The fourth-order valence-electron chi connectivity index (χ4n) is 1.58. The molecule has 0 unspecified atom stereocenters. The summed E-state index contributed by atoms with van der Waals surface area (Å²) in [5.41, 5.74) is 0.382. The van der Waals surface area contributed by atoms with Crippen molar-refractivity contribution in [3.05, 3.63) is 34.1 Å². The second kappa shape index (κ2) is 4.94. The van der Waals surface area contributed by atoms with Crippen LogP contribution in [0.3, 0.4) is 0 Å². The highest BCUT2D eigenvalue weighted by molar-refractivity contribution is 9.10. The second-order valence-corrected chi connectivity index (χ2v) is 5.48. The van der Waals surface area contributed by atoms with Gasteiger partial charge in [0.1, 0.15) is 5.82 Å². The van der Waals surface area contributed by atoms with E-state index < -0.39 is 5.82 Å². The van der Waals surface area contributed by atoms with Crippen LogP contribution >= 0.6 is 27.5 Å². The first-order valence-corrected chi connectivity index (χ1v) is 6.69. The molecule has 1 aromatic rings. The van der Waals surface area contributed by atoms with Crippen molar-refractivity contribution in [2.45, 2.75) is 12.8 Å². The number of nitrogens with one attached hydrogen (secondary N) is 1. The van der Waals surface area contributed by atoms with Gasteiger partial charge in [-0.2, -0.15) is 0 Å². The van der Waals surface area contributed by atoms with Crippen molar-refractivity contribution < 1.29 is 9.18 Å². The average Bonchev–Trinajstić information content (AvgIpc) is 3.10. The molecule has 1 N–H and O–H groups in total.